The van der Waals surface area contributed by atoms with Gasteiger partial charge in [-0.3, -0.25) is 0 Å². The standard InChI is InChI=1S/C18H21NO3/c1-2-13-3-7-15(8-4-13)17(20)12-19-11-14-5-9-16(10-6-14)18(21)22/h3-10,17,19-20H,2,11-12H2,1H3,(H,21,22). The Balaban J connectivity index is 1.83. The van der Waals surface area contributed by atoms with Gasteiger partial charge in [0.25, 0.3) is 0 Å². The van der Waals surface area contributed by atoms with Gasteiger partial charge in [0.05, 0.1) is 11.7 Å². The Kier molecular flexibility index (Phi) is 5.69. The molecule has 3 N–H and O–H groups in total. The Morgan fingerprint density at radius 2 is 1.64 bits per heavy atom. The van der Waals surface area contributed by atoms with Gasteiger partial charge in [-0.25, -0.2) is 4.79 Å². The highest BCUT2D eigenvalue weighted by Gasteiger charge is 2.07. The molecule has 0 aliphatic heterocycles. The summed E-state index contributed by atoms with van der Waals surface area (Å²) in [5.74, 6) is -0.926. The molecule has 0 saturated heterocycles. The summed E-state index contributed by atoms with van der Waals surface area (Å²) in [6.07, 6.45) is 0.435. The molecule has 2 aromatic rings. The van der Waals surface area contributed by atoms with E-state index in [0.717, 1.165) is 17.5 Å². The van der Waals surface area contributed by atoms with Gasteiger partial charge in [0.15, 0.2) is 0 Å². The number of carboxylic acid groups (broad SMARTS) is 1. The summed E-state index contributed by atoms with van der Waals surface area (Å²) in [4.78, 5) is 10.8. The van der Waals surface area contributed by atoms with E-state index in [9.17, 15) is 9.90 Å². The Bertz CT molecular complexity index is 605. The Morgan fingerprint density at radius 1 is 1.05 bits per heavy atom. The van der Waals surface area contributed by atoms with Crippen LogP contribution in [0.15, 0.2) is 48.5 Å². The lowest BCUT2D eigenvalue weighted by atomic mass is 10.1. The predicted octanol–water partition coefficient (Wildman–Crippen LogP) is 2.77. The fourth-order valence-electron chi connectivity index (χ4n) is 2.21. The second-order valence-electron chi connectivity index (χ2n) is 5.24. The van der Waals surface area contributed by atoms with E-state index in [2.05, 4.69) is 12.2 Å². The summed E-state index contributed by atoms with van der Waals surface area (Å²) < 4.78 is 0. The van der Waals surface area contributed by atoms with Gasteiger partial charge in [-0.15, -0.1) is 0 Å². The van der Waals surface area contributed by atoms with Crippen molar-refractivity contribution in [1.29, 1.82) is 0 Å². The molecule has 0 aromatic heterocycles. The molecule has 0 amide bonds. The average molecular weight is 299 g/mol. The molecule has 0 heterocycles. The molecule has 0 aliphatic carbocycles. The van der Waals surface area contributed by atoms with Gasteiger partial charge in [-0.1, -0.05) is 43.3 Å². The van der Waals surface area contributed by atoms with E-state index in [1.165, 1.54) is 5.56 Å². The highest BCUT2D eigenvalue weighted by molar-refractivity contribution is 5.87. The maximum Gasteiger partial charge on any atom is 0.335 e. The van der Waals surface area contributed by atoms with Crippen molar-refractivity contribution >= 4 is 5.97 Å². The molecule has 22 heavy (non-hydrogen) atoms. The van der Waals surface area contributed by atoms with Crippen LogP contribution in [0, 0.1) is 0 Å². The summed E-state index contributed by atoms with van der Waals surface area (Å²) in [6.45, 7) is 3.14. The lowest BCUT2D eigenvalue weighted by Crippen LogP contribution is -2.21. The number of nitrogens with one attached hydrogen (secondary N) is 1. The van der Waals surface area contributed by atoms with E-state index in [1.54, 1.807) is 24.3 Å². The van der Waals surface area contributed by atoms with Crippen LogP contribution in [-0.4, -0.2) is 22.7 Å². The molecule has 0 fully saturated rings. The lowest BCUT2D eigenvalue weighted by Gasteiger charge is -2.13. The Labute approximate surface area is 130 Å². The summed E-state index contributed by atoms with van der Waals surface area (Å²) >= 11 is 0. The first kappa shape index (κ1) is 16.2. The van der Waals surface area contributed by atoms with Crippen molar-refractivity contribution in [3.8, 4) is 0 Å². The van der Waals surface area contributed by atoms with E-state index in [1.807, 2.05) is 24.3 Å². The quantitative estimate of drug-likeness (QED) is 0.735. The third-order valence-corrected chi connectivity index (χ3v) is 3.64. The third-order valence-electron chi connectivity index (χ3n) is 3.64. The zero-order valence-electron chi connectivity index (χ0n) is 12.6. The fourth-order valence-corrected chi connectivity index (χ4v) is 2.21. The van der Waals surface area contributed by atoms with Crippen molar-refractivity contribution in [2.45, 2.75) is 26.0 Å². The first-order valence-electron chi connectivity index (χ1n) is 7.40. The molecule has 4 nitrogen and oxygen atoms in total. The van der Waals surface area contributed by atoms with Crippen LogP contribution >= 0.6 is 0 Å². The van der Waals surface area contributed by atoms with Crippen molar-refractivity contribution in [1.82, 2.24) is 5.32 Å². The fraction of sp³-hybridized carbons (Fsp3) is 0.278. The van der Waals surface area contributed by atoms with Gasteiger partial charge in [-0.2, -0.15) is 0 Å². The number of carboxylic acids is 1. The molecule has 0 bridgehead atoms. The van der Waals surface area contributed by atoms with Gasteiger partial charge in [0.1, 0.15) is 0 Å². The minimum atomic E-state index is -0.926. The van der Waals surface area contributed by atoms with E-state index in [-0.39, 0.29) is 5.56 Å². The molecule has 116 valence electrons. The number of carbonyl (C=O) groups is 1. The maximum absolute atomic E-state index is 10.8. The zero-order chi connectivity index (χ0) is 15.9. The monoisotopic (exact) mass is 299 g/mol. The van der Waals surface area contributed by atoms with Crippen LogP contribution in [0.3, 0.4) is 0 Å². The normalized spacial score (nSPS) is 12.1. The van der Waals surface area contributed by atoms with Crippen LogP contribution in [0.4, 0.5) is 0 Å². The highest BCUT2D eigenvalue weighted by Crippen LogP contribution is 2.13. The molecule has 4 heteroatoms. The van der Waals surface area contributed by atoms with Crippen molar-refractivity contribution < 1.29 is 15.0 Å². The summed E-state index contributed by atoms with van der Waals surface area (Å²) in [5.41, 5.74) is 3.41. The second-order valence-corrected chi connectivity index (χ2v) is 5.24. The van der Waals surface area contributed by atoms with Gasteiger partial charge in [-0.05, 0) is 35.2 Å². The third kappa shape index (κ3) is 4.41. The molecular formula is C18H21NO3. The largest absolute Gasteiger partial charge is 0.478 e. The molecule has 1 unspecified atom stereocenters. The van der Waals surface area contributed by atoms with Gasteiger partial charge >= 0.3 is 5.97 Å². The Hall–Kier alpha value is -2.17. The van der Waals surface area contributed by atoms with Crippen molar-refractivity contribution in [3.63, 3.8) is 0 Å². The minimum absolute atomic E-state index is 0.278. The summed E-state index contributed by atoms with van der Waals surface area (Å²) in [5, 5.41) is 22.2. The van der Waals surface area contributed by atoms with Crippen LogP contribution in [-0.2, 0) is 13.0 Å². The molecule has 2 rings (SSSR count). The van der Waals surface area contributed by atoms with Crippen molar-refractivity contribution in [2.24, 2.45) is 0 Å². The highest BCUT2D eigenvalue weighted by atomic mass is 16.4. The van der Waals surface area contributed by atoms with E-state index < -0.39 is 12.1 Å². The Morgan fingerprint density at radius 3 is 2.18 bits per heavy atom. The van der Waals surface area contributed by atoms with Gasteiger partial charge < -0.3 is 15.5 Å². The number of aliphatic hydroxyl groups excluding tert-OH is 1. The molecule has 0 saturated carbocycles. The number of aryl methyl sites for hydroxylation is 1. The lowest BCUT2D eigenvalue weighted by molar-refractivity contribution is 0.0697. The smallest absolute Gasteiger partial charge is 0.335 e. The van der Waals surface area contributed by atoms with E-state index >= 15 is 0 Å². The topological polar surface area (TPSA) is 69.6 Å². The number of hydrogen-bond donors (Lipinski definition) is 3. The first-order valence-corrected chi connectivity index (χ1v) is 7.40. The van der Waals surface area contributed by atoms with E-state index in [4.69, 9.17) is 5.11 Å². The molecule has 0 spiro atoms. The maximum atomic E-state index is 10.8. The predicted molar refractivity (Wildman–Crippen MR) is 85.9 cm³/mol. The van der Waals surface area contributed by atoms with Crippen LogP contribution in [0.25, 0.3) is 0 Å². The summed E-state index contributed by atoms with van der Waals surface area (Å²) in [7, 11) is 0. The van der Waals surface area contributed by atoms with Crippen LogP contribution in [0.5, 0.6) is 0 Å². The summed E-state index contributed by atoms with van der Waals surface area (Å²) in [6, 6.07) is 14.7. The van der Waals surface area contributed by atoms with Gasteiger partial charge in [0.2, 0.25) is 0 Å². The average Bonchev–Trinajstić information content (AvgIpc) is 2.55. The first-order chi connectivity index (χ1) is 10.6. The SMILES string of the molecule is CCc1ccc(C(O)CNCc2ccc(C(=O)O)cc2)cc1. The van der Waals surface area contributed by atoms with E-state index in [0.29, 0.717) is 13.1 Å². The molecular weight excluding hydrogens is 278 g/mol. The van der Waals surface area contributed by atoms with Crippen LogP contribution in [0.1, 0.15) is 40.1 Å². The van der Waals surface area contributed by atoms with Crippen molar-refractivity contribution in [2.75, 3.05) is 6.54 Å². The minimum Gasteiger partial charge on any atom is -0.478 e. The molecule has 2 aromatic carbocycles. The number of aliphatic hydroxyl groups is 1. The molecule has 0 aliphatic rings. The van der Waals surface area contributed by atoms with Crippen molar-refractivity contribution in [3.05, 3.63) is 70.8 Å². The number of rotatable bonds is 7. The molecule has 1 atom stereocenters. The number of aromatic carboxylic acids is 1. The zero-order valence-corrected chi connectivity index (χ0v) is 12.6. The van der Waals surface area contributed by atoms with Crippen LogP contribution in [0.2, 0.25) is 0 Å². The second kappa shape index (κ2) is 7.73. The number of hydrogen-bond acceptors (Lipinski definition) is 3. The van der Waals surface area contributed by atoms with Gasteiger partial charge in [0, 0.05) is 13.1 Å². The van der Waals surface area contributed by atoms with Crippen LogP contribution < -0.4 is 5.32 Å². The molecule has 0 radical (unpaired) electrons. The number of benzene rings is 2.